The Bertz CT molecular complexity index is 501. The van der Waals surface area contributed by atoms with Crippen molar-refractivity contribution in [2.45, 2.75) is 70.0 Å². The van der Waals surface area contributed by atoms with Crippen molar-refractivity contribution in [3.05, 3.63) is 0 Å². The molecule has 4 rings (SSSR count). The first-order valence-corrected chi connectivity index (χ1v) is 10.7. The summed E-state index contributed by atoms with van der Waals surface area (Å²) in [5.74, 6) is 0. The lowest BCUT2D eigenvalue weighted by Gasteiger charge is -2.52. The molecule has 0 aromatic carbocycles. The maximum atomic E-state index is 11.9. The second-order valence-electron chi connectivity index (χ2n) is 8.92. The lowest BCUT2D eigenvalue weighted by molar-refractivity contribution is -0.0193. The lowest BCUT2D eigenvalue weighted by atomic mass is 9.64. The van der Waals surface area contributed by atoms with Gasteiger partial charge in [-0.2, -0.15) is 0 Å². The third-order valence-electron chi connectivity index (χ3n) is 7.42. The largest absolute Gasteiger partial charge is 0.450 e. The van der Waals surface area contributed by atoms with Crippen molar-refractivity contribution in [3.63, 3.8) is 0 Å². The normalized spacial score (nSPS) is 36.6. The zero-order chi connectivity index (χ0) is 18.1. The number of rotatable bonds is 4. The molecule has 0 aromatic rings. The van der Waals surface area contributed by atoms with Crippen LogP contribution in [-0.2, 0) is 4.74 Å². The topological polar surface area (TPSA) is 56.2 Å². The Kier molecular flexibility index (Phi) is 5.44. The Morgan fingerprint density at radius 3 is 2.58 bits per heavy atom. The number of piperidine rings is 1. The molecule has 1 atom stereocenters. The molecule has 6 heteroatoms. The maximum Gasteiger partial charge on any atom is 0.409 e. The molecule has 148 valence electrons. The molecule has 0 bridgehead atoms. The highest BCUT2D eigenvalue weighted by atomic mass is 16.6. The number of likely N-dealkylation sites (tertiary alicyclic amines) is 3. The van der Waals surface area contributed by atoms with Crippen LogP contribution in [0.4, 0.5) is 4.79 Å². The summed E-state index contributed by atoms with van der Waals surface area (Å²) in [6.07, 6.45) is 8.41. The van der Waals surface area contributed by atoms with E-state index in [4.69, 9.17) is 4.74 Å². The van der Waals surface area contributed by atoms with Crippen LogP contribution in [0.5, 0.6) is 0 Å². The highest BCUT2D eigenvalue weighted by molar-refractivity contribution is 5.68. The van der Waals surface area contributed by atoms with Crippen molar-refractivity contribution in [1.82, 2.24) is 14.7 Å². The second-order valence-corrected chi connectivity index (χ2v) is 8.92. The van der Waals surface area contributed by atoms with Crippen molar-refractivity contribution in [1.29, 1.82) is 0 Å². The van der Waals surface area contributed by atoms with Crippen LogP contribution in [0, 0.1) is 5.41 Å². The van der Waals surface area contributed by atoms with Gasteiger partial charge in [-0.25, -0.2) is 4.79 Å². The van der Waals surface area contributed by atoms with E-state index in [0.29, 0.717) is 36.8 Å². The molecular formula is C20H35N3O3. The second kappa shape index (κ2) is 7.64. The molecule has 3 heterocycles. The fraction of sp³-hybridized carbons (Fsp3) is 0.950. The fourth-order valence-electron chi connectivity index (χ4n) is 5.95. The van der Waals surface area contributed by atoms with Crippen LogP contribution in [-0.4, -0.2) is 90.0 Å². The van der Waals surface area contributed by atoms with Gasteiger partial charge in [0, 0.05) is 31.2 Å². The van der Waals surface area contributed by atoms with Crippen LogP contribution in [0.25, 0.3) is 0 Å². The van der Waals surface area contributed by atoms with Gasteiger partial charge >= 0.3 is 6.09 Å². The van der Waals surface area contributed by atoms with Gasteiger partial charge in [0.15, 0.2) is 0 Å². The number of carbonyl (C=O) groups is 1. The predicted octanol–water partition coefficient (Wildman–Crippen LogP) is 1.92. The SMILES string of the molecule is CCOC(=O)N1CCC2(CC(N3CCC(N4CCCC4CO)CC3)C2)C1. The lowest BCUT2D eigenvalue weighted by Crippen LogP contribution is -2.56. The van der Waals surface area contributed by atoms with E-state index < -0.39 is 0 Å². The Balaban J connectivity index is 1.22. The molecule has 26 heavy (non-hydrogen) atoms. The summed E-state index contributed by atoms with van der Waals surface area (Å²) in [6.45, 7) is 7.99. The number of aliphatic hydroxyl groups excluding tert-OH is 1. The Morgan fingerprint density at radius 2 is 1.88 bits per heavy atom. The number of hydrogen-bond donors (Lipinski definition) is 1. The number of hydrogen-bond acceptors (Lipinski definition) is 5. The molecule has 0 aromatic heterocycles. The van der Waals surface area contributed by atoms with E-state index in [2.05, 4.69) is 9.80 Å². The summed E-state index contributed by atoms with van der Waals surface area (Å²) in [7, 11) is 0. The summed E-state index contributed by atoms with van der Waals surface area (Å²) in [5.41, 5.74) is 0.366. The monoisotopic (exact) mass is 365 g/mol. The number of aliphatic hydroxyl groups is 1. The number of ether oxygens (including phenoxy) is 1. The van der Waals surface area contributed by atoms with Crippen LogP contribution in [0.3, 0.4) is 0 Å². The number of carbonyl (C=O) groups excluding carboxylic acids is 1. The molecule has 1 unspecified atom stereocenters. The minimum atomic E-state index is -0.127. The minimum absolute atomic E-state index is 0.127. The van der Waals surface area contributed by atoms with E-state index in [-0.39, 0.29) is 6.09 Å². The molecule has 3 saturated heterocycles. The molecular weight excluding hydrogens is 330 g/mol. The van der Waals surface area contributed by atoms with Gasteiger partial charge in [-0.05, 0) is 76.9 Å². The molecule has 1 saturated carbocycles. The first-order chi connectivity index (χ1) is 12.6. The van der Waals surface area contributed by atoms with Crippen LogP contribution in [0.15, 0.2) is 0 Å². The van der Waals surface area contributed by atoms with Gasteiger partial charge in [-0.1, -0.05) is 0 Å². The summed E-state index contributed by atoms with van der Waals surface area (Å²) in [4.78, 5) is 19.1. The van der Waals surface area contributed by atoms with Gasteiger partial charge < -0.3 is 19.6 Å². The van der Waals surface area contributed by atoms with E-state index in [1.54, 1.807) is 0 Å². The van der Waals surface area contributed by atoms with Crippen molar-refractivity contribution < 1.29 is 14.6 Å². The van der Waals surface area contributed by atoms with Gasteiger partial charge in [-0.3, -0.25) is 4.90 Å². The van der Waals surface area contributed by atoms with Gasteiger partial charge in [0.1, 0.15) is 0 Å². The molecule has 1 N–H and O–H groups in total. The summed E-state index contributed by atoms with van der Waals surface area (Å²) in [5, 5.41) is 9.58. The minimum Gasteiger partial charge on any atom is -0.450 e. The first kappa shape index (κ1) is 18.5. The summed E-state index contributed by atoms with van der Waals surface area (Å²) < 4.78 is 5.16. The predicted molar refractivity (Wildman–Crippen MR) is 100 cm³/mol. The molecule has 6 nitrogen and oxygen atoms in total. The molecule has 1 spiro atoms. The fourth-order valence-corrected chi connectivity index (χ4v) is 5.95. The van der Waals surface area contributed by atoms with E-state index in [1.807, 2.05) is 11.8 Å². The summed E-state index contributed by atoms with van der Waals surface area (Å²) in [6, 6.07) is 1.79. The molecule has 1 amide bonds. The highest BCUT2D eigenvalue weighted by Gasteiger charge is 2.51. The van der Waals surface area contributed by atoms with Gasteiger partial charge in [0.05, 0.1) is 13.2 Å². The zero-order valence-electron chi connectivity index (χ0n) is 16.2. The molecule has 0 radical (unpaired) electrons. The van der Waals surface area contributed by atoms with Crippen molar-refractivity contribution >= 4 is 6.09 Å². The third-order valence-corrected chi connectivity index (χ3v) is 7.42. The number of amides is 1. The quantitative estimate of drug-likeness (QED) is 0.825. The standard InChI is InChI=1S/C20H35N3O3/c1-2-26-19(25)22-11-7-20(15-22)12-18(13-20)21-9-5-16(6-10-21)23-8-3-4-17(23)14-24/h16-18,24H,2-15H2,1H3. The summed E-state index contributed by atoms with van der Waals surface area (Å²) >= 11 is 0. The Morgan fingerprint density at radius 1 is 1.12 bits per heavy atom. The van der Waals surface area contributed by atoms with E-state index in [9.17, 15) is 9.90 Å². The Labute approximate surface area is 157 Å². The molecule has 4 fully saturated rings. The van der Waals surface area contributed by atoms with Crippen molar-refractivity contribution in [2.24, 2.45) is 5.41 Å². The van der Waals surface area contributed by atoms with Crippen LogP contribution in [0.2, 0.25) is 0 Å². The maximum absolute atomic E-state index is 11.9. The Hall–Kier alpha value is -0.850. The molecule has 1 aliphatic carbocycles. The molecule has 4 aliphatic rings. The van der Waals surface area contributed by atoms with E-state index in [1.165, 1.54) is 58.2 Å². The van der Waals surface area contributed by atoms with Gasteiger partial charge in [0.25, 0.3) is 0 Å². The van der Waals surface area contributed by atoms with Crippen molar-refractivity contribution in [2.75, 3.05) is 45.9 Å². The third kappa shape index (κ3) is 3.48. The van der Waals surface area contributed by atoms with Gasteiger partial charge in [0.2, 0.25) is 0 Å². The van der Waals surface area contributed by atoms with Crippen LogP contribution < -0.4 is 0 Å². The molecule has 3 aliphatic heterocycles. The first-order valence-electron chi connectivity index (χ1n) is 10.7. The number of nitrogens with zero attached hydrogens (tertiary/aromatic N) is 3. The average Bonchev–Trinajstić information content (AvgIpc) is 3.28. The average molecular weight is 366 g/mol. The van der Waals surface area contributed by atoms with Crippen LogP contribution in [0.1, 0.15) is 51.9 Å². The van der Waals surface area contributed by atoms with E-state index >= 15 is 0 Å². The van der Waals surface area contributed by atoms with Gasteiger partial charge in [-0.15, -0.1) is 0 Å². The van der Waals surface area contributed by atoms with Crippen LogP contribution >= 0.6 is 0 Å². The van der Waals surface area contributed by atoms with Crippen molar-refractivity contribution in [3.8, 4) is 0 Å². The smallest absolute Gasteiger partial charge is 0.409 e. The zero-order valence-corrected chi connectivity index (χ0v) is 16.2. The van der Waals surface area contributed by atoms with E-state index in [0.717, 1.165) is 19.5 Å². The highest BCUT2D eigenvalue weighted by Crippen LogP contribution is 2.50.